The van der Waals surface area contributed by atoms with Gasteiger partial charge in [-0.15, -0.1) is 0 Å². The van der Waals surface area contributed by atoms with Crippen molar-refractivity contribution in [1.82, 2.24) is 10.2 Å². The van der Waals surface area contributed by atoms with Crippen molar-refractivity contribution in [3.63, 3.8) is 0 Å². The van der Waals surface area contributed by atoms with Crippen molar-refractivity contribution >= 4 is 27.5 Å². The average molecular weight is 634 g/mol. The van der Waals surface area contributed by atoms with Gasteiger partial charge in [-0.1, -0.05) is 49.7 Å². The van der Waals surface area contributed by atoms with Crippen LogP contribution in [0.2, 0.25) is 0 Å². The van der Waals surface area contributed by atoms with E-state index < -0.39 is 46.2 Å². The zero-order valence-electron chi connectivity index (χ0n) is 25.4. The second kappa shape index (κ2) is 14.6. The van der Waals surface area contributed by atoms with Gasteiger partial charge < -0.3 is 15.0 Å². The van der Waals surface area contributed by atoms with Gasteiger partial charge in [-0.25, -0.2) is 8.42 Å². The van der Waals surface area contributed by atoms with E-state index in [9.17, 15) is 31.2 Å². The Morgan fingerprint density at radius 3 is 2.14 bits per heavy atom. The maximum Gasteiger partial charge on any atom is 0.416 e. The molecule has 44 heavy (non-hydrogen) atoms. The smallest absolute Gasteiger partial charge is 0.416 e. The van der Waals surface area contributed by atoms with E-state index in [-0.39, 0.29) is 29.6 Å². The molecule has 0 saturated carbocycles. The van der Waals surface area contributed by atoms with E-state index in [1.54, 1.807) is 50.2 Å². The van der Waals surface area contributed by atoms with Crippen molar-refractivity contribution in [2.45, 2.75) is 70.2 Å². The first-order valence-electron chi connectivity index (χ1n) is 14.2. The van der Waals surface area contributed by atoms with Gasteiger partial charge >= 0.3 is 6.18 Å². The lowest BCUT2D eigenvalue weighted by Crippen LogP contribution is -2.53. The van der Waals surface area contributed by atoms with Crippen molar-refractivity contribution in [3.05, 3.63) is 89.5 Å². The van der Waals surface area contributed by atoms with Gasteiger partial charge in [0, 0.05) is 12.6 Å². The summed E-state index contributed by atoms with van der Waals surface area (Å²) < 4.78 is 74.7. The molecular weight excluding hydrogens is 595 g/mol. The summed E-state index contributed by atoms with van der Waals surface area (Å²) in [6, 6.07) is 15.2. The van der Waals surface area contributed by atoms with E-state index in [1.807, 2.05) is 13.8 Å². The first kappa shape index (κ1) is 34.4. The Bertz CT molecular complexity index is 1530. The highest BCUT2D eigenvalue weighted by atomic mass is 32.2. The summed E-state index contributed by atoms with van der Waals surface area (Å²) in [5.74, 6) is -0.608. The van der Waals surface area contributed by atoms with Crippen LogP contribution in [0, 0.1) is 6.92 Å². The van der Waals surface area contributed by atoms with Crippen LogP contribution < -0.4 is 14.4 Å². The number of anilines is 1. The van der Waals surface area contributed by atoms with Gasteiger partial charge in [-0.05, 0) is 74.7 Å². The maximum absolute atomic E-state index is 14.1. The largest absolute Gasteiger partial charge is 0.497 e. The lowest BCUT2D eigenvalue weighted by atomic mass is 10.1. The van der Waals surface area contributed by atoms with Gasteiger partial charge in [0.15, 0.2) is 0 Å². The normalized spacial score (nSPS) is 13.1. The minimum Gasteiger partial charge on any atom is -0.497 e. The maximum atomic E-state index is 14.1. The number of nitrogens with one attached hydrogen (secondary N) is 1. The third-order valence-electron chi connectivity index (χ3n) is 7.25. The summed E-state index contributed by atoms with van der Waals surface area (Å²) in [5, 5.41) is 2.88. The molecule has 0 aliphatic carbocycles. The molecule has 0 heterocycles. The van der Waals surface area contributed by atoms with E-state index >= 15 is 0 Å². The zero-order valence-corrected chi connectivity index (χ0v) is 26.2. The molecule has 0 aliphatic rings. The number of benzene rings is 3. The highest BCUT2D eigenvalue weighted by molar-refractivity contribution is 7.92. The molecule has 2 atom stereocenters. The van der Waals surface area contributed by atoms with Crippen LogP contribution >= 0.6 is 0 Å². The standard InChI is InChI=1S/C32H38F3N3O5S/c1-6-23(4)36-31(40)29(7-2)37(20-24-13-15-27(43-5)16-14-24)30(39)21-38(26-10-8-9-25(19-26)32(33,34)35)44(41,42)28-17-11-22(3)12-18-28/h8-19,23,29H,6-7,20-21H2,1-5H3,(H,36,40)/t23-,29+/m1/s1. The predicted molar refractivity (Wildman–Crippen MR) is 163 cm³/mol. The molecular formula is C32H38F3N3O5S. The number of methoxy groups -OCH3 is 1. The third-order valence-corrected chi connectivity index (χ3v) is 9.04. The van der Waals surface area contributed by atoms with Crippen molar-refractivity contribution in [1.29, 1.82) is 0 Å². The number of halogens is 3. The Morgan fingerprint density at radius 1 is 0.955 bits per heavy atom. The quantitative estimate of drug-likeness (QED) is 0.252. The average Bonchev–Trinajstić information content (AvgIpc) is 2.99. The van der Waals surface area contributed by atoms with Gasteiger partial charge in [0.25, 0.3) is 10.0 Å². The highest BCUT2D eigenvalue weighted by Gasteiger charge is 2.36. The molecule has 3 aromatic carbocycles. The fourth-order valence-corrected chi connectivity index (χ4v) is 5.90. The molecule has 12 heteroatoms. The van der Waals surface area contributed by atoms with Crippen LogP contribution in [0.5, 0.6) is 5.75 Å². The summed E-state index contributed by atoms with van der Waals surface area (Å²) in [7, 11) is -3.01. The molecule has 0 unspecified atom stereocenters. The third kappa shape index (κ3) is 8.52. The first-order valence-corrected chi connectivity index (χ1v) is 15.6. The number of carbonyl (C=O) groups is 2. The number of ether oxygens (including phenoxy) is 1. The number of hydrogen-bond acceptors (Lipinski definition) is 5. The number of amides is 2. The van der Waals surface area contributed by atoms with E-state index in [0.717, 1.165) is 17.7 Å². The Balaban J connectivity index is 2.12. The van der Waals surface area contributed by atoms with Crippen LogP contribution in [-0.4, -0.2) is 50.9 Å². The fourth-order valence-electron chi connectivity index (χ4n) is 4.49. The lowest BCUT2D eigenvalue weighted by molar-refractivity contribution is -0.140. The minimum atomic E-state index is -4.75. The van der Waals surface area contributed by atoms with Crippen molar-refractivity contribution in [3.8, 4) is 5.75 Å². The topological polar surface area (TPSA) is 96.0 Å². The number of sulfonamides is 1. The van der Waals surface area contributed by atoms with Crippen LogP contribution in [0.15, 0.2) is 77.7 Å². The molecule has 3 aromatic rings. The monoisotopic (exact) mass is 633 g/mol. The Kier molecular flexibility index (Phi) is 11.4. The second-order valence-corrected chi connectivity index (χ2v) is 12.3. The summed E-state index contributed by atoms with van der Waals surface area (Å²) in [6.07, 6.45) is -3.90. The molecule has 0 spiro atoms. The first-order chi connectivity index (χ1) is 20.7. The molecule has 0 aromatic heterocycles. The number of aryl methyl sites for hydroxylation is 1. The molecule has 0 aliphatic heterocycles. The SMILES string of the molecule is CC[C@@H](C)NC(=O)[C@H](CC)N(Cc1ccc(OC)cc1)C(=O)CN(c1cccc(C(F)(F)F)c1)S(=O)(=O)c1ccc(C)cc1. The predicted octanol–water partition coefficient (Wildman–Crippen LogP) is 5.94. The van der Waals surface area contributed by atoms with Crippen molar-refractivity contribution in [2.75, 3.05) is 18.0 Å². The Hall–Kier alpha value is -4.06. The summed E-state index contributed by atoms with van der Waals surface area (Å²) >= 11 is 0. The van der Waals surface area contributed by atoms with Gasteiger partial charge in [0.05, 0.1) is 23.3 Å². The number of hydrogen-bond donors (Lipinski definition) is 1. The van der Waals surface area contributed by atoms with E-state index in [2.05, 4.69) is 5.32 Å². The van der Waals surface area contributed by atoms with Crippen LogP contribution in [0.25, 0.3) is 0 Å². The molecule has 0 radical (unpaired) electrons. The molecule has 3 rings (SSSR count). The summed E-state index contributed by atoms with van der Waals surface area (Å²) in [4.78, 5) is 28.6. The van der Waals surface area contributed by atoms with E-state index in [4.69, 9.17) is 4.74 Å². The second-order valence-electron chi connectivity index (χ2n) is 10.5. The summed E-state index contributed by atoms with van der Waals surface area (Å²) in [5.41, 5.74) is 0.00614. The molecule has 1 N–H and O–H groups in total. The molecule has 2 amide bonds. The number of alkyl halides is 3. The van der Waals surface area contributed by atoms with Crippen LogP contribution in [0.3, 0.4) is 0 Å². The van der Waals surface area contributed by atoms with Gasteiger partial charge in [0.1, 0.15) is 18.3 Å². The number of rotatable bonds is 13. The minimum absolute atomic E-state index is 0.0593. The van der Waals surface area contributed by atoms with Crippen LogP contribution in [-0.2, 0) is 32.3 Å². The van der Waals surface area contributed by atoms with E-state index in [0.29, 0.717) is 28.1 Å². The molecule has 8 nitrogen and oxygen atoms in total. The van der Waals surface area contributed by atoms with Crippen molar-refractivity contribution < 1.29 is 35.9 Å². The molecule has 0 saturated heterocycles. The summed E-state index contributed by atoms with van der Waals surface area (Å²) in [6.45, 7) is 6.30. The zero-order chi connectivity index (χ0) is 32.7. The Morgan fingerprint density at radius 2 is 1.59 bits per heavy atom. The van der Waals surface area contributed by atoms with Crippen LogP contribution in [0.1, 0.15) is 50.3 Å². The van der Waals surface area contributed by atoms with Gasteiger partial charge in [-0.2, -0.15) is 13.2 Å². The fraction of sp³-hybridized carbons (Fsp3) is 0.375. The highest BCUT2D eigenvalue weighted by Crippen LogP contribution is 2.33. The lowest BCUT2D eigenvalue weighted by Gasteiger charge is -2.34. The Labute approximate surface area is 256 Å². The molecule has 0 fully saturated rings. The molecule has 0 bridgehead atoms. The van der Waals surface area contributed by atoms with E-state index in [1.165, 1.54) is 30.2 Å². The number of carbonyl (C=O) groups excluding carboxylic acids is 2. The van der Waals surface area contributed by atoms with Crippen molar-refractivity contribution in [2.24, 2.45) is 0 Å². The number of nitrogens with zero attached hydrogens (tertiary/aromatic N) is 2. The van der Waals surface area contributed by atoms with Crippen LogP contribution in [0.4, 0.5) is 18.9 Å². The van der Waals surface area contributed by atoms with Gasteiger partial charge in [0.2, 0.25) is 11.8 Å². The molecule has 238 valence electrons. The van der Waals surface area contributed by atoms with Gasteiger partial charge in [-0.3, -0.25) is 13.9 Å².